The summed E-state index contributed by atoms with van der Waals surface area (Å²) in [5, 5.41) is 5.16. The lowest BCUT2D eigenvalue weighted by Gasteiger charge is -2.23. The Morgan fingerprint density at radius 1 is 0.938 bits per heavy atom. The van der Waals surface area contributed by atoms with Gasteiger partial charge in [-0.05, 0) is 48.0 Å². The minimum absolute atomic E-state index is 0.0624. The smallest absolute Gasteiger partial charge is 0.267 e. The Bertz CT molecular complexity index is 1240. The molecule has 32 heavy (non-hydrogen) atoms. The zero-order valence-corrected chi connectivity index (χ0v) is 19.9. The van der Waals surface area contributed by atoms with Crippen molar-refractivity contribution in [2.45, 2.75) is 6.54 Å². The molecule has 0 aliphatic heterocycles. The zero-order valence-electron chi connectivity index (χ0n) is 16.8. The van der Waals surface area contributed by atoms with E-state index < -0.39 is 15.9 Å². The van der Waals surface area contributed by atoms with E-state index in [1.54, 1.807) is 54.6 Å². The van der Waals surface area contributed by atoms with Crippen molar-refractivity contribution in [3.05, 3.63) is 98.5 Å². The highest BCUT2D eigenvalue weighted by Crippen LogP contribution is 2.25. The van der Waals surface area contributed by atoms with Crippen molar-refractivity contribution in [3.63, 3.8) is 0 Å². The molecule has 0 saturated heterocycles. The Morgan fingerprint density at radius 3 is 2.12 bits per heavy atom. The monoisotopic (exact) mass is 509 g/mol. The molecule has 1 amide bonds. The SMILES string of the molecule is CS(=O)(=O)N(Cc1ccccc1Cl)c1ccc(C(=O)N/N=C\c2c(Cl)cccc2Cl)cc1. The molecule has 0 atom stereocenters. The van der Waals surface area contributed by atoms with Gasteiger partial charge in [0, 0.05) is 16.1 Å². The van der Waals surface area contributed by atoms with E-state index in [2.05, 4.69) is 10.5 Å². The van der Waals surface area contributed by atoms with E-state index in [1.165, 1.54) is 22.7 Å². The Morgan fingerprint density at radius 2 is 1.53 bits per heavy atom. The van der Waals surface area contributed by atoms with Gasteiger partial charge in [-0.1, -0.05) is 59.1 Å². The van der Waals surface area contributed by atoms with Crippen LogP contribution >= 0.6 is 34.8 Å². The second-order valence-electron chi connectivity index (χ2n) is 6.74. The van der Waals surface area contributed by atoms with Gasteiger partial charge in [0.1, 0.15) is 0 Å². The fourth-order valence-corrected chi connectivity index (χ4v) is 4.38. The lowest BCUT2D eigenvalue weighted by atomic mass is 10.2. The third-order valence-electron chi connectivity index (χ3n) is 4.45. The number of hydrogen-bond acceptors (Lipinski definition) is 4. The summed E-state index contributed by atoms with van der Waals surface area (Å²) in [7, 11) is -3.59. The number of hydrazone groups is 1. The standard InChI is InChI=1S/C22H18Cl3N3O3S/c1-32(30,31)28(14-16-5-2-3-6-19(16)23)17-11-9-15(10-12-17)22(29)27-26-13-18-20(24)7-4-8-21(18)25/h2-13H,14H2,1H3,(H,27,29)/b26-13-. The summed E-state index contributed by atoms with van der Waals surface area (Å²) in [5.41, 5.74) is 4.23. The summed E-state index contributed by atoms with van der Waals surface area (Å²) in [6.45, 7) is 0.0624. The lowest BCUT2D eigenvalue weighted by molar-refractivity contribution is 0.0955. The van der Waals surface area contributed by atoms with Crippen LogP contribution in [-0.4, -0.2) is 26.8 Å². The van der Waals surface area contributed by atoms with Crippen molar-refractivity contribution in [2.24, 2.45) is 5.10 Å². The minimum atomic E-state index is -3.59. The van der Waals surface area contributed by atoms with Crippen LogP contribution < -0.4 is 9.73 Å². The van der Waals surface area contributed by atoms with Gasteiger partial charge < -0.3 is 0 Å². The third-order valence-corrected chi connectivity index (χ3v) is 6.62. The van der Waals surface area contributed by atoms with Crippen LogP contribution in [0.2, 0.25) is 15.1 Å². The molecular formula is C22H18Cl3N3O3S. The van der Waals surface area contributed by atoms with Crippen LogP contribution in [-0.2, 0) is 16.6 Å². The summed E-state index contributed by atoms with van der Waals surface area (Å²) >= 11 is 18.3. The normalized spacial score (nSPS) is 11.5. The molecule has 0 spiro atoms. The number of carbonyl (C=O) groups excluding carboxylic acids is 1. The van der Waals surface area contributed by atoms with Crippen LogP contribution in [0.1, 0.15) is 21.5 Å². The molecule has 1 N–H and O–H groups in total. The van der Waals surface area contributed by atoms with E-state index in [4.69, 9.17) is 34.8 Å². The van der Waals surface area contributed by atoms with Gasteiger partial charge in [0.15, 0.2) is 0 Å². The van der Waals surface area contributed by atoms with Gasteiger partial charge in [-0.3, -0.25) is 9.10 Å². The van der Waals surface area contributed by atoms with Crippen molar-refractivity contribution in [1.82, 2.24) is 5.43 Å². The third kappa shape index (κ3) is 6.01. The number of carbonyl (C=O) groups is 1. The highest BCUT2D eigenvalue weighted by Gasteiger charge is 2.19. The lowest BCUT2D eigenvalue weighted by Crippen LogP contribution is -2.29. The van der Waals surface area contributed by atoms with Crippen LogP contribution in [0.15, 0.2) is 71.8 Å². The number of nitrogens with one attached hydrogen (secondary N) is 1. The van der Waals surface area contributed by atoms with Crippen molar-refractivity contribution in [1.29, 1.82) is 0 Å². The number of halogens is 3. The molecule has 0 radical (unpaired) electrons. The summed E-state index contributed by atoms with van der Waals surface area (Å²) < 4.78 is 25.9. The molecule has 0 fully saturated rings. The van der Waals surface area contributed by atoms with Crippen LogP contribution in [0.4, 0.5) is 5.69 Å². The summed E-state index contributed by atoms with van der Waals surface area (Å²) in [6.07, 6.45) is 2.46. The molecule has 0 bridgehead atoms. The first-order valence-electron chi connectivity index (χ1n) is 9.25. The first kappa shape index (κ1) is 24.1. The van der Waals surface area contributed by atoms with Crippen molar-refractivity contribution < 1.29 is 13.2 Å². The first-order valence-corrected chi connectivity index (χ1v) is 12.2. The van der Waals surface area contributed by atoms with E-state index in [9.17, 15) is 13.2 Å². The maximum atomic E-state index is 12.4. The van der Waals surface area contributed by atoms with E-state index in [-0.39, 0.29) is 6.54 Å². The number of hydrogen-bond donors (Lipinski definition) is 1. The Labute approximate surface area is 201 Å². The molecule has 3 aromatic carbocycles. The fraction of sp³-hybridized carbons (Fsp3) is 0.0909. The highest BCUT2D eigenvalue weighted by atomic mass is 35.5. The van der Waals surface area contributed by atoms with Gasteiger partial charge in [-0.15, -0.1) is 0 Å². The van der Waals surface area contributed by atoms with Crippen molar-refractivity contribution >= 4 is 62.6 Å². The van der Waals surface area contributed by atoms with Gasteiger partial charge in [-0.2, -0.15) is 5.10 Å². The highest BCUT2D eigenvalue weighted by molar-refractivity contribution is 7.92. The molecule has 3 aromatic rings. The number of benzene rings is 3. The zero-order chi connectivity index (χ0) is 23.3. The second kappa shape index (κ2) is 10.4. The molecule has 0 aliphatic rings. The number of nitrogens with zero attached hydrogens (tertiary/aromatic N) is 2. The average molecular weight is 511 g/mol. The number of rotatable bonds is 7. The van der Waals surface area contributed by atoms with Gasteiger partial charge in [0.25, 0.3) is 5.91 Å². The van der Waals surface area contributed by atoms with E-state index in [1.807, 2.05) is 0 Å². The predicted molar refractivity (Wildman–Crippen MR) is 130 cm³/mol. The minimum Gasteiger partial charge on any atom is -0.267 e. The Kier molecular flexibility index (Phi) is 7.79. The van der Waals surface area contributed by atoms with Crippen LogP contribution in [0, 0.1) is 0 Å². The first-order chi connectivity index (χ1) is 15.2. The molecule has 0 aliphatic carbocycles. The molecule has 6 nitrogen and oxygen atoms in total. The summed E-state index contributed by atoms with van der Waals surface area (Å²) in [6, 6.07) is 18.1. The van der Waals surface area contributed by atoms with Crippen molar-refractivity contribution in [2.75, 3.05) is 10.6 Å². The molecular weight excluding hydrogens is 493 g/mol. The molecule has 166 valence electrons. The average Bonchev–Trinajstić information content (AvgIpc) is 2.74. The maximum Gasteiger partial charge on any atom is 0.271 e. The van der Waals surface area contributed by atoms with E-state index in [0.29, 0.717) is 37.4 Å². The van der Waals surface area contributed by atoms with Crippen LogP contribution in [0.3, 0.4) is 0 Å². The predicted octanol–water partition coefficient (Wildman–Crippen LogP) is 5.38. The van der Waals surface area contributed by atoms with Gasteiger partial charge in [-0.25, -0.2) is 13.8 Å². The summed E-state index contributed by atoms with van der Waals surface area (Å²) in [5.74, 6) is -0.479. The maximum absolute atomic E-state index is 12.4. The largest absolute Gasteiger partial charge is 0.271 e. The number of sulfonamides is 1. The molecule has 0 unspecified atom stereocenters. The summed E-state index contributed by atoms with van der Waals surface area (Å²) in [4.78, 5) is 12.4. The number of amides is 1. The molecule has 0 saturated carbocycles. The Balaban J connectivity index is 1.75. The second-order valence-corrected chi connectivity index (χ2v) is 9.87. The quantitative estimate of drug-likeness (QED) is 0.342. The molecule has 3 rings (SSSR count). The van der Waals surface area contributed by atoms with Gasteiger partial charge in [0.05, 0.1) is 34.7 Å². The van der Waals surface area contributed by atoms with Crippen LogP contribution in [0.5, 0.6) is 0 Å². The molecule has 0 aromatic heterocycles. The molecule has 0 heterocycles. The van der Waals surface area contributed by atoms with E-state index in [0.717, 1.165) is 6.26 Å². The van der Waals surface area contributed by atoms with Gasteiger partial charge >= 0.3 is 0 Å². The fourth-order valence-electron chi connectivity index (χ4n) is 2.81. The van der Waals surface area contributed by atoms with Crippen molar-refractivity contribution in [3.8, 4) is 0 Å². The van der Waals surface area contributed by atoms with Gasteiger partial charge in [0.2, 0.25) is 10.0 Å². The molecule has 10 heteroatoms. The number of anilines is 1. The van der Waals surface area contributed by atoms with E-state index >= 15 is 0 Å². The van der Waals surface area contributed by atoms with Crippen LogP contribution in [0.25, 0.3) is 0 Å². The topological polar surface area (TPSA) is 78.8 Å². The Hall–Kier alpha value is -2.58.